The van der Waals surface area contributed by atoms with Crippen LogP contribution in [0.3, 0.4) is 0 Å². The number of H-pyrrole nitrogens is 1. The SMILES string of the molecule is O=C1NC(=O)c2c1c1c3cc(F)c(F)cc3[nH]c1c1c2c2cc(F)c(F)cc2n1[C@@H]1O[C@H](CO)C[C@H](O)[C@H]1O. The Morgan fingerprint density at radius 3 is 2.21 bits per heavy atom. The van der Waals surface area contributed by atoms with E-state index in [0.29, 0.717) is 0 Å². The number of hydrogen-bond acceptors (Lipinski definition) is 6. The van der Waals surface area contributed by atoms with Crippen molar-refractivity contribution in [1.29, 1.82) is 0 Å². The first-order chi connectivity index (χ1) is 18.6. The van der Waals surface area contributed by atoms with Gasteiger partial charge in [0.15, 0.2) is 29.5 Å². The summed E-state index contributed by atoms with van der Waals surface area (Å²) in [5.74, 6) is -6.63. The smallest absolute Gasteiger partial charge is 0.259 e. The number of nitrogens with zero attached hydrogens (tertiary/aromatic N) is 1. The highest BCUT2D eigenvalue weighted by atomic mass is 19.2. The van der Waals surface area contributed by atoms with Crippen LogP contribution in [0.1, 0.15) is 33.4 Å². The Labute approximate surface area is 214 Å². The molecule has 2 amide bonds. The van der Waals surface area contributed by atoms with Crippen molar-refractivity contribution < 1.29 is 47.2 Å². The summed E-state index contributed by atoms with van der Waals surface area (Å²) in [6.45, 7) is -0.535. The lowest BCUT2D eigenvalue weighted by Gasteiger charge is -2.38. The molecule has 5 N–H and O–H groups in total. The molecule has 2 aliphatic rings. The first-order valence-electron chi connectivity index (χ1n) is 11.9. The lowest BCUT2D eigenvalue weighted by atomic mass is 9.96. The predicted octanol–water partition coefficient (Wildman–Crippen LogP) is 2.87. The van der Waals surface area contributed by atoms with Gasteiger partial charge in [-0.05, 0) is 12.1 Å². The predicted molar refractivity (Wildman–Crippen MR) is 128 cm³/mol. The maximum Gasteiger partial charge on any atom is 0.259 e. The minimum atomic E-state index is -1.63. The normalized spacial score (nSPS) is 23.5. The second-order valence-corrected chi connectivity index (χ2v) is 9.72. The summed E-state index contributed by atoms with van der Waals surface area (Å²) in [7, 11) is 0. The number of aliphatic hydroxyl groups excluding tert-OH is 3. The fourth-order valence-electron chi connectivity index (χ4n) is 5.89. The van der Waals surface area contributed by atoms with Crippen LogP contribution in [-0.4, -0.2) is 61.6 Å². The Kier molecular flexibility index (Phi) is 4.92. The monoisotopic (exact) mass is 543 g/mol. The van der Waals surface area contributed by atoms with E-state index in [0.717, 1.165) is 24.3 Å². The van der Waals surface area contributed by atoms with E-state index in [1.54, 1.807) is 0 Å². The van der Waals surface area contributed by atoms with Crippen molar-refractivity contribution in [2.45, 2.75) is 31.0 Å². The number of nitrogens with one attached hydrogen (secondary N) is 2. The molecule has 5 aromatic rings. The molecule has 200 valence electrons. The Morgan fingerprint density at radius 2 is 1.51 bits per heavy atom. The number of carbonyl (C=O) groups excluding carboxylic acids is 2. The van der Waals surface area contributed by atoms with Gasteiger partial charge in [-0.2, -0.15) is 0 Å². The molecule has 0 unspecified atom stereocenters. The molecule has 0 spiro atoms. The molecule has 0 bridgehead atoms. The summed E-state index contributed by atoms with van der Waals surface area (Å²) in [6.07, 6.45) is -5.58. The molecule has 4 atom stereocenters. The van der Waals surface area contributed by atoms with E-state index in [1.807, 2.05) is 0 Å². The molecule has 13 heteroatoms. The number of hydrogen-bond donors (Lipinski definition) is 5. The maximum absolute atomic E-state index is 14.6. The van der Waals surface area contributed by atoms with Crippen LogP contribution in [0.5, 0.6) is 0 Å². The van der Waals surface area contributed by atoms with Crippen LogP contribution in [0.25, 0.3) is 43.6 Å². The maximum atomic E-state index is 14.6. The summed E-state index contributed by atoms with van der Waals surface area (Å²) in [5, 5.41) is 33.4. The lowest BCUT2D eigenvalue weighted by Crippen LogP contribution is -2.46. The number of halogens is 4. The van der Waals surface area contributed by atoms with Crippen molar-refractivity contribution >= 4 is 55.4 Å². The third-order valence-electron chi connectivity index (χ3n) is 7.53. The number of aliphatic hydroxyl groups is 3. The second kappa shape index (κ2) is 7.99. The van der Waals surface area contributed by atoms with Gasteiger partial charge < -0.3 is 29.6 Å². The van der Waals surface area contributed by atoms with Gasteiger partial charge in [0.1, 0.15) is 6.10 Å². The number of benzene rings is 3. The van der Waals surface area contributed by atoms with E-state index in [4.69, 9.17) is 4.74 Å². The lowest BCUT2D eigenvalue weighted by molar-refractivity contribution is -0.202. The summed E-state index contributed by atoms with van der Waals surface area (Å²) in [6, 6.07) is 3.35. The van der Waals surface area contributed by atoms with Crippen LogP contribution in [0.2, 0.25) is 0 Å². The first kappa shape index (κ1) is 24.0. The Bertz CT molecular complexity index is 1930. The van der Waals surface area contributed by atoms with Crippen molar-refractivity contribution in [2.24, 2.45) is 0 Å². The van der Waals surface area contributed by atoms with Crippen LogP contribution in [0, 0.1) is 23.3 Å². The van der Waals surface area contributed by atoms with E-state index in [9.17, 15) is 42.5 Å². The van der Waals surface area contributed by atoms with Crippen LogP contribution in [0.15, 0.2) is 24.3 Å². The van der Waals surface area contributed by atoms with Crippen molar-refractivity contribution in [3.8, 4) is 0 Å². The average molecular weight is 543 g/mol. The van der Waals surface area contributed by atoms with Crippen LogP contribution in [-0.2, 0) is 4.74 Å². The topological polar surface area (TPSA) is 137 Å². The molecule has 2 aromatic heterocycles. The molecular weight excluding hydrogens is 526 g/mol. The molecule has 7 rings (SSSR count). The largest absolute Gasteiger partial charge is 0.394 e. The van der Waals surface area contributed by atoms with Gasteiger partial charge in [-0.25, -0.2) is 17.6 Å². The fraction of sp³-hybridized carbons (Fsp3) is 0.231. The highest BCUT2D eigenvalue weighted by molar-refractivity contribution is 6.39. The third-order valence-corrected chi connectivity index (χ3v) is 7.53. The number of carbonyl (C=O) groups is 2. The number of imide groups is 1. The molecule has 3 aromatic carbocycles. The summed E-state index contributed by atoms with van der Waals surface area (Å²) in [4.78, 5) is 29.0. The zero-order valence-corrected chi connectivity index (χ0v) is 19.6. The number of rotatable bonds is 2. The van der Waals surface area contributed by atoms with Gasteiger partial charge in [-0.15, -0.1) is 0 Å². The van der Waals surface area contributed by atoms with Gasteiger partial charge in [0.05, 0.1) is 46.5 Å². The summed E-state index contributed by atoms with van der Waals surface area (Å²) >= 11 is 0. The Hall–Kier alpha value is -4.04. The Morgan fingerprint density at radius 1 is 0.897 bits per heavy atom. The van der Waals surface area contributed by atoms with Crippen LogP contribution >= 0.6 is 0 Å². The van der Waals surface area contributed by atoms with E-state index in [1.165, 1.54) is 4.57 Å². The molecule has 39 heavy (non-hydrogen) atoms. The van der Waals surface area contributed by atoms with Crippen LogP contribution in [0.4, 0.5) is 17.6 Å². The molecule has 1 fully saturated rings. The number of aromatic nitrogens is 2. The number of amides is 2. The summed E-state index contributed by atoms with van der Waals surface area (Å²) < 4.78 is 64.8. The summed E-state index contributed by atoms with van der Waals surface area (Å²) in [5.41, 5.74) is -0.341. The van der Waals surface area contributed by atoms with Crippen molar-refractivity contribution in [3.63, 3.8) is 0 Å². The molecule has 0 radical (unpaired) electrons. The van der Waals surface area contributed by atoms with Gasteiger partial charge in [-0.3, -0.25) is 14.9 Å². The highest BCUT2D eigenvalue weighted by Crippen LogP contribution is 2.46. The number of fused-ring (bicyclic) bond motifs is 10. The molecule has 2 aliphatic heterocycles. The molecular formula is C26H17F4N3O6. The second-order valence-electron chi connectivity index (χ2n) is 9.72. The molecule has 9 nitrogen and oxygen atoms in total. The fourth-order valence-corrected chi connectivity index (χ4v) is 5.89. The van der Waals surface area contributed by atoms with Crippen molar-refractivity contribution in [3.05, 3.63) is 58.7 Å². The van der Waals surface area contributed by atoms with Gasteiger partial charge in [0, 0.05) is 45.6 Å². The minimum Gasteiger partial charge on any atom is -0.394 e. The van der Waals surface area contributed by atoms with Gasteiger partial charge >= 0.3 is 0 Å². The standard InChI is InChI=1S/C26H17F4N3O6/c27-10-2-8-14(4-12(10)29)31-21-17(8)19-20(25(38)32-24(19)37)18-9-3-11(28)13(30)5-15(9)33(22(18)21)26-23(36)16(35)1-7(6-34)39-26/h2-5,7,16,23,26,31,34-36H,1,6H2,(H,32,37,38)/t7-,16-,23+,26+/m0/s1. The molecule has 1 saturated heterocycles. The minimum absolute atomic E-state index is 0.0143. The van der Waals surface area contributed by atoms with E-state index in [2.05, 4.69) is 10.3 Å². The first-order valence-corrected chi connectivity index (χ1v) is 11.9. The zero-order valence-electron chi connectivity index (χ0n) is 19.6. The quantitative estimate of drug-likeness (QED) is 0.172. The van der Waals surface area contributed by atoms with Gasteiger partial charge in [-0.1, -0.05) is 0 Å². The Balaban J connectivity index is 1.75. The van der Waals surface area contributed by atoms with Crippen molar-refractivity contribution in [1.82, 2.24) is 14.9 Å². The van der Waals surface area contributed by atoms with Gasteiger partial charge in [0.25, 0.3) is 11.8 Å². The van der Waals surface area contributed by atoms with E-state index >= 15 is 0 Å². The van der Waals surface area contributed by atoms with E-state index in [-0.39, 0.29) is 61.2 Å². The average Bonchev–Trinajstić information content (AvgIpc) is 3.50. The van der Waals surface area contributed by atoms with Crippen molar-refractivity contribution in [2.75, 3.05) is 6.61 Å². The number of ether oxygens (including phenoxy) is 1. The molecule has 0 aliphatic carbocycles. The van der Waals surface area contributed by atoms with Crippen LogP contribution < -0.4 is 5.32 Å². The van der Waals surface area contributed by atoms with E-state index < -0.39 is 66.2 Å². The zero-order chi connectivity index (χ0) is 27.5. The third kappa shape index (κ3) is 3.09. The molecule has 0 saturated carbocycles. The number of aromatic amines is 1. The van der Waals surface area contributed by atoms with Gasteiger partial charge in [0.2, 0.25) is 0 Å². The molecule has 4 heterocycles. The highest BCUT2D eigenvalue weighted by Gasteiger charge is 2.42.